The minimum Gasteiger partial charge on any atom is -0.303 e. The highest BCUT2D eigenvalue weighted by Gasteiger charge is 2.18. The molecule has 0 spiro atoms. The molecule has 2 aromatic heterocycles. The summed E-state index contributed by atoms with van der Waals surface area (Å²) in [6.07, 6.45) is 13.7. The number of nitrogens with zero attached hydrogens (tertiary/aromatic N) is 5. The molecule has 208 valence electrons. The number of hydrogen-bond donors (Lipinski definition) is 0. The van der Waals surface area contributed by atoms with E-state index < -0.39 is 0 Å². The van der Waals surface area contributed by atoms with Gasteiger partial charge >= 0.3 is 0 Å². The molecular weight excluding hydrogens is 493 g/mol. The van der Waals surface area contributed by atoms with Gasteiger partial charge in [-0.1, -0.05) is 51.0 Å². The predicted octanol–water partition coefficient (Wildman–Crippen LogP) is 7.37. The van der Waals surface area contributed by atoms with Gasteiger partial charge in [-0.25, -0.2) is 9.29 Å². The van der Waals surface area contributed by atoms with Crippen molar-refractivity contribution in [3.8, 4) is 0 Å². The van der Waals surface area contributed by atoms with E-state index in [9.17, 15) is 4.39 Å². The van der Waals surface area contributed by atoms with Crippen molar-refractivity contribution in [2.75, 3.05) is 33.2 Å². The van der Waals surface area contributed by atoms with Crippen LogP contribution in [-0.2, 0) is 13.1 Å². The SMILES string of the molecule is CCCC(CC)N(C)CCCCN(Cc1cccnc1F)Cc1cn(SN2CCCCC2)c2ccccc12. The molecule has 7 heteroatoms. The summed E-state index contributed by atoms with van der Waals surface area (Å²) in [5.74, 6) is -0.356. The van der Waals surface area contributed by atoms with E-state index >= 15 is 0 Å². The van der Waals surface area contributed by atoms with E-state index in [4.69, 9.17) is 0 Å². The average Bonchev–Trinajstić information content (AvgIpc) is 3.28. The smallest absolute Gasteiger partial charge is 0.217 e. The molecule has 1 unspecified atom stereocenters. The van der Waals surface area contributed by atoms with Crippen molar-refractivity contribution in [2.45, 2.75) is 84.3 Å². The molecule has 0 N–H and O–H groups in total. The number of rotatable bonds is 15. The third-order valence-corrected chi connectivity index (χ3v) is 8.93. The molecule has 0 saturated carbocycles. The summed E-state index contributed by atoms with van der Waals surface area (Å²) < 4.78 is 19.4. The number of piperidine rings is 1. The van der Waals surface area contributed by atoms with Crippen LogP contribution < -0.4 is 0 Å². The molecule has 1 fully saturated rings. The van der Waals surface area contributed by atoms with E-state index in [1.165, 1.54) is 61.2 Å². The number of halogens is 1. The minimum atomic E-state index is -0.356. The number of pyridine rings is 1. The first-order valence-electron chi connectivity index (χ1n) is 14.6. The maximum Gasteiger partial charge on any atom is 0.217 e. The first-order valence-corrected chi connectivity index (χ1v) is 15.4. The van der Waals surface area contributed by atoms with Gasteiger partial charge in [0.25, 0.3) is 0 Å². The largest absolute Gasteiger partial charge is 0.303 e. The van der Waals surface area contributed by atoms with Gasteiger partial charge in [0.05, 0.1) is 5.52 Å². The molecule has 1 aromatic carbocycles. The molecule has 5 nitrogen and oxygen atoms in total. The summed E-state index contributed by atoms with van der Waals surface area (Å²) in [4.78, 5) is 8.84. The molecule has 3 aromatic rings. The van der Waals surface area contributed by atoms with Crippen LogP contribution in [-0.4, -0.2) is 62.3 Å². The van der Waals surface area contributed by atoms with Crippen LogP contribution in [0.5, 0.6) is 0 Å². The minimum absolute atomic E-state index is 0.356. The van der Waals surface area contributed by atoms with Gasteiger partial charge in [-0.3, -0.25) is 8.87 Å². The second-order valence-electron chi connectivity index (χ2n) is 10.8. The second kappa shape index (κ2) is 15.0. The lowest BCUT2D eigenvalue weighted by molar-refractivity contribution is 0.205. The monoisotopic (exact) mass is 539 g/mol. The summed E-state index contributed by atoms with van der Waals surface area (Å²) >= 11 is 1.84. The number of aromatic nitrogens is 2. The van der Waals surface area contributed by atoms with Crippen molar-refractivity contribution in [2.24, 2.45) is 0 Å². The third-order valence-electron chi connectivity index (χ3n) is 7.85. The van der Waals surface area contributed by atoms with E-state index in [2.05, 4.69) is 74.4 Å². The number of unbranched alkanes of at least 4 members (excludes halogenated alkanes) is 1. The molecular formula is C31H46FN5S. The molecule has 4 rings (SSSR count). The van der Waals surface area contributed by atoms with Gasteiger partial charge in [0.15, 0.2) is 0 Å². The molecule has 0 radical (unpaired) electrons. The Hall–Kier alpha value is -1.93. The molecule has 0 aliphatic carbocycles. The van der Waals surface area contributed by atoms with E-state index in [-0.39, 0.29) is 5.95 Å². The maximum atomic E-state index is 14.5. The van der Waals surface area contributed by atoms with Crippen LogP contribution in [0.25, 0.3) is 10.9 Å². The number of benzene rings is 1. The standard InChI is InChI=1S/C31H46FN5S/c1-4-14-28(5-2)34(3)19-11-12-20-35(23-26-15-13-18-33-31(26)32)24-27-25-37(30-17-8-7-16-29(27)30)38-36-21-9-6-10-22-36/h7-8,13,15-18,25,28H,4-6,9-12,14,19-24H2,1-3H3. The van der Waals surface area contributed by atoms with E-state index in [1.54, 1.807) is 0 Å². The summed E-state index contributed by atoms with van der Waals surface area (Å²) in [6, 6.07) is 13.1. The van der Waals surface area contributed by atoms with Gasteiger partial charge in [-0.15, -0.1) is 0 Å². The van der Waals surface area contributed by atoms with Gasteiger partial charge in [-0.2, -0.15) is 4.39 Å². The summed E-state index contributed by atoms with van der Waals surface area (Å²) in [7, 11) is 2.27. The van der Waals surface area contributed by atoms with Crippen LogP contribution in [0.3, 0.4) is 0 Å². The van der Waals surface area contributed by atoms with E-state index in [1.807, 2.05) is 24.3 Å². The quantitative estimate of drug-likeness (QED) is 0.114. The van der Waals surface area contributed by atoms with Crippen molar-refractivity contribution in [1.82, 2.24) is 23.1 Å². The molecule has 3 heterocycles. The predicted molar refractivity (Wildman–Crippen MR) is 160 cm³/mol. The second-order valence-corrected chi connectivity index (χ2v) is 11.8. The molecule has 0 amide bonds. The Kier molecular flexibility index (Phi) is 11.5. The zero-order valence-electron chi connectivity index (χ0n) is 23.6. The summed E-state index contributed by atoms with van der Waals surface area (Å²) in [5, 5.41) is 1.29. The highest BCUT2D eigenvalue weighted by Crippen LogP contribution is 2.30. The van der Waals surface area contributed by atoms with Crippen LogP contribution >= 0.6 is 12.1 Å². The van der Waals surface area contributed by atoms with Crippen LogP contribution in [0.1, 0.15) is 76.3 Å². The zero-order chi connectivity index (χ0) is 26.7. The summed E-state index contributed by atoms with van der Waals surface area (Å²) in [6.45, 7) is 10.3. The van der Waals surface area contributed by atoms with Crippen molar-refractivity contribution in [3.05, 3.63) is 65.9 Å². The first kappa shape index (κ1) is 29.1. The number of fused-ring (bicyclic) bond motifs is 1. The lowest BCUT2D eigenvalue weighted by Crippen LogP contribution is -2.32. The van der Waals surface area contributed by atoms with Crippen LogP contribution in [0.4, 0.5) is 4.39 Å². The fourth-order valence-electron chi connectivity index (χ4n) is 5.66. The summed E-state index contributed by atoms with van der Waals surface area (Å²) in [5.41, 5.74) is 3.24. The molecule has 1 aliphatic rings. The van der Waals surface area contributed by atoms with Crippen LogP contribution in [0.2, 0.25) is 0 Å². The average molecular weight is 540 g/mol. The number of para-hydroxylation sites is 1. The molecule has 38 heavy (non-hydrogen) atoms. The van der Waals surface area contributed by atoms with Gasteiger partial charge in [-0.05, 0) is 76.4 Å². The highest BCUT2D eigenvalue weighted by molar-refractivity contribution is 7.95. The first-order chi connectivity index (χ1) is 18.6. The van der Waals surface area contributed by atoms with Crippen molar-refractivity contribution in [1.29, 1.82) is 0 Å². The lowest BCUT2D eigenvalue weighted by atomic mass is 10.1. The van der Waals surface area contributed by atoms with Crippen LogP contribution in [0.15, 0.2) is 48.8 Å². The Morgan fingerprint density at radius 1 is 0.974 bits per heavy atom. The third kappa shape index (κ3) is 8.04. The van der Waals surface area contributed by atoms with Crippen molar-refractivity contribution >= 4 is 23.0 Å². The van der Waals surface area contributed by atoms with E-state index in [0.29, 0.717) is 18.2 Å². The highest BCUT2D eigenvalue weighted by atomic mass is 32.2. The van der Waals surface area contributed by atoms with Gasteiger partial charge < -0.3 is 4.90 Å². The molecule has 1 atom stereocenters. The van der Waals surface area contributed by atoms with Crippen molar-refractivity contribution < 1.29 is 4.39 Å². The Morgan fingerprint density at radius 3 is 2.50 bits per heavy atom. The topological polar surface area (TPSA) is 27.5 Å². The Morgan fingerprint density at radius 2 is 1.74 bits per heavy atom. The lowest BCUT2D eigenvalue weighted by Gasteiger charge is -2.27. The van der Waals surface area contributed by atoms with Gasteiger partial charge in [0.2, 0.25) is 5.95 Å². The van der Waals surface area contributed by atoms with E-state index in [0.717, 1.165) is 45.6 Å². The zero-order valence-corrected chi connectivity index (χ0v) is 24.4. The molecule has 1 saturated heterocycles. The van der Waals surface area contributed by atoms with Crippen molar-refractivity contribution in [3.63, 3.8) is 0 Å². The van der Waals surface area contributed by atoms with Crippen LogP contribution in [0, 0.1) is 5.95 Å². The number of hydrogen-bond acceptors (Lipinski definition) is 5. The molecule has 0 bridgehead atoms. The van der Waals surface area contributed by atoms with Gasteiger partial charge in [0.1, 0.15) is 0 Å². The fourth-order valence-corrected chi connectivity index (χ4v) is 6.76. The Bertz CT molecular complexity index is 1110. The Balaban J connectivity index is 1.46. The molecule has 1 aliphatic heterocycles. The van der Waals surface area contributed by atoms with Gasteiger partial charge in [0, 0.05) is 67.7 Å². The Labute approximate surface area is 233 Å². The maximum absolute atomic E-state index is 14.5. The fraction of sp³-hybridized carbons (Fsp3) is 0.581. The normalized spacial score (nSPS) is 15.6.